The van der Waals surface area contributed by atoms with E-state index < -0.39 is 12.0 Å². The predicted octanol–water partition coefficient (Wildman–Crippen LogP) is 1.12. The Bertz CT molecular complexity index is 376. The molecule has 0 aromatic carbocycles. The van der Waals surface area contributed by atoms with Gasteiger partial charge < -0.3 is 16.2 Å². The highest BCUT2D eigenvalue weighted by Gasteiger charge is 2.19. The van der Waals surface area contributed by atoms with Crippen LogP contribution in [0.4, 0.5) is 0 Å². The minimum absolute atomic E-state index is 0.120. The molecule has 0 aliphatic heterocycles. The second kappa shape index (κ2) is 6.36. The minimum atomic E-state index is -0.940. The molecular weight excluding hydrogens is 240 g/mol. The van der Waals surface area contributed by atoms with Gasteiger partial charge in [-0.3, -0.25) is 9.59 Å². The van der Waals surface area contributed by atoms with E-state index in [2.05, 4.69) is 5.32 Å². The lowest BCUT2D eigenvalue weighted by atomic mass is 10.1. The summed E-state index contributed by atoms with van der Waals surface area (Å²) >= 11 is 1.42. The minimum Gasteiger partial charge on any atom is -0.481 e. The summed E-state index contributed by atoms with van der Waals surface area (Å²) in [7, 11) is 0. The average molecular weight is 256 g/mol. The molecule has 0 fully saturated rings. The van der Waals surface area contributed by atoms with Crippen molar-refractivity contribution in [2.75, 3.05) is 0 Å². The smallest absolute Gasteiger partial charge is 0.305 e. The molecule has 1 aromatic heterocycles. The van der Waals surface area contributed by atoms with Gasteiger partial charge in [-0.05, 0) is 18.4 Å². The summed E-state index contributed by atoms with van der Waals surface area (Å²) in [6.45, 7) is 1.73. The van der Waals surface area contributed by atoms with Crippen molar-refractivity contribution in [1.29, 1.82) is 0 Å². The van der Waals surface area contributed by atoms with Gasteiger partial charge in [0.1, 0.15) is 0 Å². The third kappa shape index (κ3) is 4.97. The highest BCUT2D eigenvalue weighted by Crippen LogP contribution is 2.22. The van der Waals surface area contributed by atoms with Crippen LogP contribution in [0.5, 0.6) is 0 Å². The van der Waals surface area contributed by atoms with Crippen LogP contribution in [0.1, 0.15) is 30.7 Å². The van der Waals surface area contributed by atoms with Crippen molar-refractivity contribution in [2.24, 2.45) is 5.73 Å². The molecule has 0 aliphatic rings. The normalized spacial score (nSPS) is 14.0. The molecule has 6 heteroatoms. The van der Waals surface area contributed by atoms with Gasteiger partial charge in [0.05, 0.1) is 12.5 Å². The first-order valence-electron chi connectivity index (χ1n) is 5.29. The molecule has 4 N–H and O–H groups in total. The van der Waals surface area contributed by atoms with Crippen molar-refractivity contribution < 1.29 is 14.7 Å². The Morgan fingerprint density at radius 1 is 1.53 bits per heavy atom. The first-order chi connectivity index (χ1) is 7.99. The van der Waals surface area contributed by atoms with E-state index in [0.29, 0.717) is 0 Å². The van der Waals surface area contributed by atoms with Gasteiger partial charge in [-0.2, -0.15) is 0 Å². The first-order valence-corrected chi connectivity index (χ1v) is 6.17. The number of carbonyl (C=O) groups excluding carboxylic acids is 1. The number of carboxylic acids is 1. The number of hydrogen-bond acceptors (Lipinski definition) is 4. The Morgan fingerprint density at radius 3 is 2.71 bits per heavy atom. The highest BCUT2D eigenvalue weighted by molar-refractivity contribution is 7.10. The van der Waals surface area contributed by atoms with Gasteiger partial charge in [0.2, 0.25) is 5.91 Å². The summed E-state index contributed by atoms with van der Waals surface area (Å²) in [5.41, 5.74) is 5.51. The number of aliphatic carboxylic acids is 1. The van der Waals surface area contributed by atoms with Crippen molar-refractivity contribution in [1.82, 2.24) is 5.32 Å². The maximum absolute atomic E-state index is 11.6. The number of carbonyl (C=O) groups is 2. The molecule has 94 valence electrons. The van der Waals surface area contributed by atoms with Crippen molar-refractivity contribution >= 4 is 23.2 Å². The zero-order valence-corrected chi connectivity index (χ0v) is 10.4. The van der Waals surface area contributed by atoms with Crippen LogP contribution in [0.3, 0.4) is 0 Å². The van der Waals surface area contributed by atoms with Crippen LogP contribution in [-0.2, 0) is 9.59 Å². The van der Waals surface area contributed by atoms with E-state index in [1.54, 1.807) is 6.92 Å². The van der Waals surface area contributed by atoms with Gasteiger partial charge in [0, 0.05) is 17.3 Å². The number of nitrogens with one attached hydrogen (secondary N) is 1. The first kappa shape index (κ1) is 13.7. The number of amides is 1. The van der Waals surface area contributed by atoms with Gasteiger partial charge in [0.25, 0.3) is 0 Å². The number of hydrogen-bond donors (Lipinski definition) is 3. The molecule has 2 unspecified atom stereocenters. The fourth-order valence-corrected chi connectivity index (χ4v) is 2.21. The Kier molecular flexibility index (Phi) is 5.11. The second-order valence-electron chi connectivity index (χ2n) is 3.91. The number of thiophene rings is 1. The van der Waals surface area contributed by atoms with E-state index in [4.69, 9.17) is 10.8 Å². The van der Waals surface area contributed by atoms with Gasteiger partial charge in [-0.15, -0.1) is 11.3 Å². The van der Waals surface area contributed by atoms with Crippen LogP contribution in [0, 0.1) is 0 Å². The van der Waals surface area contributed by atoms with Crippen molar-refractivity contribution in [3.63, 3.8) is 0 Å². The summed E-state index contributed by atoms with van der Waals surface area (Å²) in [5, 5.41) is 13.3. The topological polar surface area (TPSA) is 92.4 Å². The summed E-state index contributed by atoms with van der Waals surface area (Å²) in [6, 6.07) is 2.93. The van der Waals surface area contributed by atoms with Crippen LogP contribution < -0.4 is 11.1 Å². The zero-order chi connectivity index (χ0) is 12.8. The number of carboxylic acid groups (broad SMARTS) is 1. The average Bonchev–Trinajstić information content (AvgIpc) is 2.66. The lowest BCUT2D eigenvalue weighted by Gasteiger charge is -2.16. The summed E-state index contributed by atoms with van der Waals surface area (Å²) in [4.78, 5) is 23.1. The van der Waals surface area contributed by atoms with E-state index in [1.807, 2.05) is 17.5 Å². The third-order valence-corrected chi connectivity index (χ3v) is 3.09. The van der Waals surface area contributed by atoms with Gasteiger partial charge in [-0.25, -0.2) is 0 Å². The van der Waals surface area contributed by atoms with Crippen molar-refractivity contribution in [3.8, 4) is 0 Å². The van der Waals surface area contributed by atoms with E-state index in [0.717, 1.165) is 4.88 Å². The molecule has 1 rings (SSSR count). The molecule has 2 atom stereocenters. The van der Waals surface area contributed by atoms with Gasteiger partial charge in [0.15, 0.2) is 0 Å². The molecule has 0 radical (unpaired) electrons. The Morgan fingerprint density at radius 2 is 2.24 bits per heavy atom. The molecule has 1 aromatic rings. The molecule has 1 heterocycles. The standard InChI is InChI=1S/C11H16N2O3S/c1-7(12)5-10(14)13-8(6-11(15)16)9-3-2-4-17-9/h2-4,7-8H,5-6,12H2,1H3,(H,13,14)(H,15,16). The predicted molar refractivity (Wildman–Crippen MR) is 65.7 cm³/mol. The van der Waals surface area contributed by atoms with Crippen LogP contribution in [-0.4, -0.2) is 23.0 Å². The number of rotatable bonds is 6. The SMILES string of the molecule is CC(N)CC(=O)NC(CC(=O)O)c1cccs1. The monoisotopic (exact) mass is 256 g/mol. The highest BCUT2D eigenvalue weighted by atomic mass is 32.1. The zero-order valence-electron chi connectivity index (χ0n) is 9.55. The Hall–Kier alpha value is -1.40. The largest absolute Gasteiger partial charge is 0.481 e. The second-order valence-corrected chi connectivity index (χ2v) is 4.89. The molecule has 0 saturated heterocycles. The molecule has 17 heavy (non-hydrogen) atoms. The molecular formula is C11H16N2O3S. The van der Waals surface area contributed by atoms with Crippen LogP contribution >= 0.6 is 11.3 Å². The fourth-order valence-electron chi connectivity index (χ4n) is 1.43. The molecule has 0 spiro atoms. The fraction of sp³-hybridized carbons (Fsp3) is 0.455. The van der Waals surface area contributed by atoms with Crippen molar-refractivity contribution in [3.05, 3.63) is 22.4 Å². The van der Waals surface area contributed by atoms with E-state index in [1.165, 1.54) is 11.3 Å². The van der Waals surface area contributed by atoms with Gasteiger partial charge in [-0.1, -0.05) is 6.07 Å². The van der Waals surface area contributed by atoms with E-state index in [-0.39, 0.29) is 24.8 Å². The molecule has 0 aliphatic carbocycles. The van der Waals surface area contributed by atoms with E-state index >= 15 is 0 Å². The van der Waals surface area contributed by atoms with Crippen LogP contribution in [0.15, 0.2) is 17.5 Å². The maximum atomic E-state index is 11.6. The quantitative estimate of drug-likeness (QED) is 0.711. The Labute approximate surface area is 104 Å². The third-order valence-electron chi connectivity index (χ3n) is 2.11. The lowest BCUT2D eigenvalue weighted by molar-refractivity contribution is -0.137. The molecule has 0 bridgehead atoms. The number of nitrogens with two attached hydrogens (primary N) is 1. The van der Waals surface area contributed by atoms with Crippen LogP contribution in [0.2, 0.25) is 0 Å². The lowest BCUT2D eigenvalue weighted by Crippen LogP contribution is -2.33. The Balaban J connectivity index is 2.65. The van der Waals surface area contributed by atoms with Gasteiger partial charge >= 0.3 is 5.97 Å². The summed E-state index contributed by atoms with van der Waals surface area (Å²) < 4.78 is 0. The molecule has 0 saturated carbocycles. The molecule has 1 amide bonds. The summed E-state index contributed by atoms with van der Waals surface area (Å²) in [6.07, 6.45) is 0.0761. The van der Waals surface area contributed by atoms with Crippen LogP contribution in [0.25, 0.3) is 0 Å². The van der Waals surface area contributed by atoms with E-state index in [9.17, 15) is 9.59 Å². The maximum Gasteiger partial charge on any atom is 0.305 e. The summed E-state index contributed by atoms with van der Waals surface area (Å²) in [5.74, 6) is -1.16. The molecule has 5 nitrogen and oxygen atoms in total. The van der Waals surface area contributed by atoms with Crippen molar-refractivity contribution in [2.45, 2.75) is 31.8 Å².